The summed E-state index contributed by atoms with van der Waals surface area (Å²) in [5.41, 5.74) is 6.96. The number of likely N-dealkylation sites (tertiary alicyclic amines) is 2. The molecule has 7 nitrogen and oxygen atoms in total. The number of piperidine rings is 2. The van der Waals surface area contributed by atoms with E-state index >= 15 is 0 Å². The molecule has 0 atom stereocenters. The van der Waals surface area contributed by atoms with Gasteiger partial charge in [0.2, 0.25) is 5.91 Å². The molecule has 0 bridgehead atoms. The molecule has 3 N–H and O–H groups in total. The first kappa shape index (κ1) is 19.6. The zero-order valence-electron chi connectivity index (χ0n) is 16.8. The van der Waals surface area contributed by atoms with E-state index < -0.39 is 0 Å². The summed E-state index contributed by atoms with van der Waals surface area (Å²) in [5, 5.41) is 3.48. The Hall–Kier alpha value is -2.67. The van der Waals surface area contributed by atoms with Crippen LogP contribution in [0.4, 0.5) is 11.6 Å². The first-order valence-electron chi connectivity index (χ1n) is 10.6. The molecule has 2 aromatic heterocycles. The number of hydrogen-bond donors (Lipinski definition) is 2. The summed E-state index contributed by atoms with van der Waals surface area (Å²) in [7, 11) is 0. The van der Waals surface area contributed by atoms with Crippen LogP contribution in [-0.2, 0) is 11.3 Å². The topological polar surface area (TPSA) is 87.4 Å². The van der Waals surface area contributed by atoms with E-state index in [0.717, 1.165) is 64.2 Å². The molecule has 154 valence electrons. The van der Waals surface area contributed by atoms with Crippen molar-refractivity contribution in [3.05, 3.63) is 48.3 Å². The minimum atomic E-state index is 0.161. The Morgan fingerprint density at radius 1 is 1.03 bits per heavy atom. The normalized spacial score (nSPS) is 19.2. The van der Waals surface area contributed by atoms with Crippen LogP contribution in [-0.4, -0.2) is 57.9 Å². The van der Waals surface area contributed by atoms with E-state index in [9.17, 15) is 4.79 Å². The van der Waals surface area contributed by atoms with Crippen LogP contribution in [0.2, 0.25) is 0 Å². The lowest BCUT2D eigenvalue weighted by Crippen LogP contribution is -2.47. The highest BCUT2D eigenvalue weighted by Crippen LogP contribution is 2.24. The molecule has 4 heterocycles. The summed E-state index contributed by atoms with van der Waals surface area (Å²) < 4.78 is 0. The van der Waals surface area contributed by atoms with Crippen LogP contribution in [0.15, 0.2) is 42.7 Å². The van der Waals surface area contributed by atoms with Gasteiger partial charge in [-0.3, -0.25) is 9.69 Å². The molecule has 7 heteroatoms. The number of aromatic nitrogens is 2. The van der Waals surface area contributed by atoms with Crippen molar-refractivity contribution in [3.63, 3.8) is 0 Å². The number of carbonyl (C=O) groups excluding carboxylic acids is 1. The maximum atomic E-state index is 13.0. The van der Waals surface area contributed by atoms with Crippen molar-refractivity contribution in [2.75, 3.05) is 37.2 Å². The lowest BCUT2D eigenvalue weighted by atomic mass is 9.93. The van der Waals surface area contributed by atoms with Crippen LogP contribution >= 0.6 is 0 Å². The lowest BCUT2D eigenvalue weighted by Gasteiger charge is -2.37. The minimum absolute atomic E-state index is 0.161. The van der Waals surface area contributed by atoms with Gasteiger partial charge in [0.05, 0.1) is 0 Å². The van der Waals surface area contributed by atoms with Crippen LogP contribution in [0.25, 0.3) is 0 Å². The molecule has 0 aliphatic carbocycles. The van der Waals surface area contributed by atoms with E-state index in [0.29, 0.717) is 17.8 Å². The maximum Gasteiger partial charge on any atom is 0.225 e. The molecular formula is C22H30N6O. The summed E-state index contributed by atoms with van der Waals surface area (Å²) >= 11 is 0. The van der Waals surface area contributed by atoms with Gasteiger partial charge in [-0.1, -0.05) is 6.07 Å². The SMILES string of the molecule is Nc1cc(CN2CCC(C(=O)N3CCC(Nc4ccccn4)CC3)CC2)ccn1. The number of pyridine rings is 2. The molecule has 2 fully saturated rings. The summed E-state index contributed by atoms with van der Waals surface area (Å²) in [6.45, 7) is 4.45. The van der Waals surface area contributed by atoms with Gasteiger partial charge < -0.3 is 16.0 Å². The van der Waals surface area contributed by atoms with Crippen molar-refractivity contribution in [1.82, 2.24) is 19.8 Å². The number of nitrogen functional groups attached to an aromatic ring is 1. The van der Waals surface area contributed by atoms with Gasteiger partial charge in [0, 0.05) is 44.0 Å². The second kappa shape index (κ2) is 9.22. The van der Waals surface area contributed by atoms with Crippen LogP contribution < -0.4 is 11.1 Å². The van der Waals surface area contributed by atoms with E-state index in [1.54, 1.807) is 12.4 Å². The highest BCUT2D eigenvalue weighted by molar-refractivity contribution is 5.79. The Labute approximate surface area is 172 Å². The van der Waals surface area contributed by atoms with Gasteiger partial charge in [-0.05, 0) is 68.6 Å². The first-order valence-corrected chi connectivity index (χ1v) is 10.6. The molecule has 0 aromatic carbocycles. The number of amides is 1. The summed E-state index contributed by atoms with van der Waals surface area (Å²) in [6.07, 6.45) is 7.39. The monoisotopic (exact) mass is 394 g/mol. The molecular weight excluding hydrogens is 364 g/mol. The zero-order valence-corrected chi connectivity index (χ0v) is 16.8. The Kier molecular flexibility index (Phi) is 6.24. The van der Waals surface area contributed by atoms with E-state index in [2.05, 4.69) is 25.1 Å². The molecule has 0 radical (unpaired) electrons. The standard InChI is InChI=1S/C22H30N6O/c23-20-15-17(4-10-24-20)16-27-11-5-18(6-12-27)22(29)28-13-7-19(8-14-28)26-21-3-1-2-9-25-21/h1-4,9-10,15,18-19H,5-8,11-14,16H2,(H2,23,24)(H,25,26). The van der Waals surface area contributed by atoms with Gasteiger partial charge in [0.15, 0.2) is 0 Å². The highest BCUT2D eigenvalue weighted by atomic mass is 16.2. The van der Waals surface area contributed by atoms with E-state index in [1.807, 2.05) is 30.3 Å². The fourth-order valence-electron chi connectivity index (χ4n) is 4.35. The largest absolute Gasteiger partial charge is 0.384 e. The van der Waals surface area contributed by atoms with Gasteiger partial charge in [-0.15, -0.1) is 0 Å². The Morgan fingerprint density at radius 2 is 1.83 bits per heavy atom. The van der Waals surface area contributed by atoms with Crippen LogP contribution in [0.3, 0.4) is 0 Å². The molecule has 1 amide bonds. The maximum absolute atomic E-state index is 13.0. The summed E-state index contributed by atoms with van der Waals surface area (Å²) in [4.78, 5) is 25.8. The van der Waals surface area contributed by atoms with Crippen LogP contribution in [0, 0.1) is 5.92 Å². The molecule has 0 saturated carbocycles. The smallest absolute Gasteiger partial charge is 0.225 e. The molecule has 2 aromatic rings. The van der Waals surface area contributed by atoms with Crippen molar-refractivity contribution < 1.29 is 4.79 Å². The van der Waals surface area contributed by atoms with E-state index in [-0.39, 0.29) is 5.92 Å². The zero-order chi connectivity index (χ0) is 20.1. The molecule has 2 aliphatic heterocycles. The third kappa shape index (κ3) is 5.23. The number of nitrogens with one attached hydrogen (secondary N) is 1. The van der Waals surface area contributed by atoms with Gasteiger partial charge in [0.1, 0.15) is 11.6 Å². The molecule has 0 spiro atoms. The fraction of sp³-hybridized carbons (Fsp3) is 0.500. The summed E-state index contributed by atoms with van der Waals surface area (Å²) in [6, 6.07) is 10.2. The number of nitrogens with zero attached hydrogens (tertiary/aromatic N) is 4. The van der Waals surface area contributed by atoms with E-state index in [4.69, 9.17) is 5.73 Å². The first-order chi connectivity index (χ1) is 14.2. The molecule has 0 unspecified atom stereocenters. The van der Waals surface area contributed by atoms with Gasteiger partial charge in [-0.25, -0.2) is 9.97 Å². The van der Waals surface area contributed by atoms with Gasteiger partial charge >= 0.3 is 0 Å². The predicted molar refractivity (Wildman–Crippen MR) is 114 cm³/mol. The van der Waals surface area contributed by atoms with Crippen molar-refractivity contribution >= 4 is 17.5 Å². The molecule has 29 heavy (non-hydrogen) atoms. The van der Waals surface area contributed by atoms with Gasteiger partial charge in [-0.2, -0.15) is 0 Å². The average Bonchev–Trinajstić information content (AvgIpc) is 2.75. The third-order valence-corrected chi connectivity index (χ3v) is 6.01. The number of anilines is 2. The van der Waals surface area contributed by atoms with E-state index in [1.165, 1.54) is 5.56 Å². The third-order valence-electron chi connectivity index (χ3n) is 6.01. The fourth-order valence-corrected chi connectivity index (χ4v) is 4.35. The number of nitrogens with two attached hydrogens (primary N) is 1. The second-order valence-corrected chi connectivity index (χ2v) is 8.10. The highest BCUT2D eigenvalue weighted by Gasteiger charge is 2.31. The Bertz CT molecular complexity index is 798. The molecule has 4 rings (SSSR count). The number of hydrogen-bond acceptors (Lipinski definition) is 6. The minimum Gasteiger partial charge on any atom is -0.384 e. The van der Waals surface area contributed by atoms with Gasteiger partial charge in [0.25, 0.3) is 0 Å². The molecule has 2 saturated heterocycles. The number of carbonyl (C=O) groups is 1. The summed E-state index contributed by atoms with van der Waals surface area (Å²) in [5.74, 6) is 1.98. The molecule has 2 aliphatic rings. The lowest BCUT2D eigenvalue weighted by molar-refractivity contribution is -0.138. The second-order valence-electron chi connectivity index (χ2n) is 8.10. The van der Waals surface area contributed by atoms with Crippen molar-refractivity contribution in [3.8, 4) is 0 Å². The average molecular weight is 395 g/mol. The quantitative estimate of drug-likeness (QED) is 0.810. The van der Waals surface area contributed by atoms with Crippen LogP contribution in [0.1, 0.15) is 31.2 Å². The predicted octanol–water partition coefficient (Wildman–Crippen LogP) is 2.37. The van der Waals surface area contributed by atoms with Crippen molar-refractivity contribution in [2.24, 2.45) is 5.92 Å². The van der Waals surface area contributed by atoms with Crippen molar-refractivity contribution in [2.45, 2.75) is 38.3 Å². The van der Waals surface area contributed by atoms with Crippen LogP contribution in [0.5, 0.6) is 0 Å². The van der Waals surface area contributed by atoms with Crippen molar-refractivity contribution in [1.29, 1.82) is 0 Å². The Morgan fingerprint density at radius 3 is 2.52 bits per heavy atom. The Balaban J connectivity index is 1.21. The number of rotatable bonds is 5.